The molecule has 0 saturated heterocycles. The van der Waals surface area contributed by atoms with Crippen LogP contribution >= 0.6 is 0 Å². The van der Waals surface area contributed by atoms with Gasteiger partial charge in [-0.15, -0.1) is 0 Å². The molecule has 1 aliphatic heterocycles. The minimum absolute atomic E-state index is 0.406. The van der Waals surface area contributed by atoms with Gasteiger partial charge in [-0.2, -0.15) is 5.26 Å². The van der Waals surface area contributed by atoms with Gasteiger partial charge in [0.05, 0.1) is 11.3 Å². The van der Waals surface area contributed by atoms with Gasteiger partial charge in [-0.3, -0.25) is 4.90 Å². The molecule has 0 radical (unpaired) electrons. The van der Waals surface area contributed by atoms with E-state index in [9.17, 15) is 0 Å². The molecule has 0 spiro atoms. The van der Waals surface area contributed by atoms with Gasteiger partial charge in [-0.1, -0.05) is 33.1 Å². The molecule has 0 aromatic rings. The molecule has 0 N–H and O–H groups in total. The average molecular weight is 229 g/mol. The molecule has 3 heteroatoms. The van der Waals surface area contributed by atoms with Gasteiger partial charge in [0.1, 0.15) is 11.9 Å². The first-order chi connectivity index (χ1) is 8.11. The molecule has 0 bridgehead atoms. The first-order valence-electron chi connectivity index (χ1n) is 5.57. The van der Waals surface area contributed by atoms with Gasteiger partial charge in [0, 0.05) is 11.9 Å². The van der Waals surface area contributed by atoms with Crippen LogP contribution < -0.4 is 0 Å². The zero-order valence-corrected chi connectivity index (χ0v) is 11.0. The molecule has 0 aromatic heterocycles. The van der Waals surface area contributed by atoms with Crippen molar-refractivity contribution in [1.82, 2.24) is 4.90 Å². The molecule has 0 fully saturated rings. The van der Waals surface area contributed by atoms with Crippen LogP contribution in [0.15, 0.2) is 53.1 Å². The van der Waals surface area contributed by atoms with E-state index in [-0.39, 0.29) is 0 Å². The number of aliphatic imine (C=N–C) groups is 1. The summed E-state index contributed by atoms with van der Waals surface area (Å²) < 4.78 is 0. The van der Waals surface area contributed by atoms with Crippen LogP contribution in [0.3, 0.4) is 0 Å². The predicted molar refractivity (Wildman–Crippen MR) is 73.1 cm³/mol. The molecule has 0 atom stereocenters. The van der Waals surface area contributed by atoms with Gasteiger partial charge >= 0.3 is 0 Å². The zero-order valence-electron chi connectivity index (χ0n) is 11.0. The average Bonchev–Trinajstić information content (AvgIpc) is 2.39. The van der Waals surface area contributed by atoms with Crippen molar-refractivity contribution < 1.29 is 0 Å². The predicted octanol–water partition coefficient (Wildman–Crippen LogP) is 3.76. The molecule has 17 heavy (non-hydrogen) atoms. The highest BCUT2D eigenvalue weighted by molar-refractivity contribution is 5.77. The van der Waals surface area contributed by atoms with Crippen molar-refractivity contribution in [3.8, 4) is 6.07 Å². The fourth-order valence-corrected chi connectivity index (χ4v) is 1.28. The molecule has 0 unspecified atom stereocenters. The van der Waals surface area contributed by atoms with Crippen molar-refractivity contribution in [3.05, 3.63) is 48.1 Å². The van der Waals surface area contributed by atoms with Gasteiger partial charge in [0.15, 0.2) is 0 Å². The van der Waals surface area contributed by atoms with E-state index < -0.39 is 0 Å². The summed E-state index contributed by atoms with van der Waals surface area (Å²) in [5.41, 5.74) is 2.11. The van der Waals surface area contributed by atoms with Crippen LogP contribution in [0.4, 0.5) is 0 Å². The molecule has 1 aliphatic rings. The number of rotatable bonds is 2. The van der Waals surface area contributed by atoms with Crippen molar-refractivity contribution >= 4 is 6.21 Å². The lowest BCUT2D eigenvalue weighted by Crippen LogP contribution is -2.22. The van der Waals surface area contributed by atoms with E-state index in [2.05, 4.69) is 18.2 Å². The van der Waals surface area contributed by atoms with Crippen molar-refractivity contribution in [1.29, 1.82) is 5.26 Å². The van der Waals surface area contributed by atoms with Crippen LogP contribution in [-0.2, 0) is 0 Å². The molecule has 0 amide bonds. The summed E-state index contributed by atoms with van der Waals surface area (Å²) in [4.78, 5) is 5.90. The van der Waals surface area contributed by atoms with Crippen molar-refractivity contribution in [2.75, 3.05) is 0 Å². The molecule has 3 nitrogen and oxygen atoms in total. The third-order valence-corrected chi connectivity index (χ3v) is 2.17. The first-order valence-corrected chi connectivity index (χ1v) is 5.57. The number of allylic oxidation sites excluding steroid dienone is 4. The van der Waals surface area contributed by atoms with E-state index in [1.165, 1.54) is 0 Å². The fraction of sp³-hybridized carbons (Fsp3) is 0.286. The lowest BCUT2D eigenvalue weighted by atomic mass is 10.1. The summed E-state index contributed by atoms with van der Waals surface area (Å²) in [6, 6.07) is 2.03. The zero-order chi connectivity index (χ0) is 13.4. The summed E-state index contributed by atoms with van der Waals surface area (Å²) in [6.07, 6.45) is 5.32. The number of hydrogen-bond donors (Lipinski definition) is 0. The molecule has 0 saturated carbocycles. The maximum Gasteiger partial charge on any atom is 0.129 e. The summed E-state index contributed by atoms with van der Waals surface area (Å²) >= 11 is 0. The lowest BCUT2D eigenvalue weighted by Gasteiger charge is -2.28. The normalized spacial score (nSPS) is 14.5. The Balaban J connectivity index is 0.00000121. The third-order valence-electron chi connectivity index (χ3n) is 2.17. The quantitative estimate of drug-likeness (QED) is 0.676. The Morgan fingerprint density at radius 1 is 1.53 bits per heavy atom. The Morgan fingerprint density at radius 3 is 2.59 bits per heavy atom. The van der Waals surface area contributed by atoms with Crippen LogP contribution in [0.1, 0.15) is 27.7 Å². The highest BCUT2D eigenvalue weighted by atomic mass is 15.2. The van der Waals surface area contributed by atoms with Crippen molar-refractivity contribution in [2.24, 2.45) is 4.99 Å². The molecule has 0 aromatic carbocycles. The summed E-state index contributed by atoms with van der Waals surface area (Å²) in [6.45, 7) is 15.4. The van der Waals surface area contributed by atoms with Crippen molar-refractivity contribution in [3.63, 3.8) is 0 Å². The smallest absolute Gasteiger partial charge is 0.129 e. The van der Waals surface area contributed by atoms with Gasteiger partial charge < -0.3 is 0 Å². The lowest BCUT2D eigenvalue weighted by molar-refractivity contribution is 0.531. The number of nitriles is 1. The summed E-state index contributed by atoms with van der Waals surface area (Å²) in [5.74, 6) is 0.597. The monoisotopic (exact) mass is 229 g/mol. The number of nitrogens with zero attached hydrogens (tertiary/aromatic N) is 3. The van der Waals surface area contributed by atoms with Crippen LogP contribution in [0.2, 0.25) is 0 Å². The Bertz CT molecular complexity index is 429. The van der Waals surface area contributed by atoms with Crippen LogP contribution in [0.5, 0.6) is 0 Å². The molecule has 1 heterocycles. The van der Waals surface area contributed by atoms with E-state index >= 15 is 0 Å². The minimum atomic E-state index is 0.406. The molecule has 90 valence electrons. The van der Waals surface area contributed by atoms with Gasteiger partial charge in [-0.25, -0.2) is 4.99 Å². The molecule has 1 rings (SSSR count). The highest BCUT2D eigenvalue weighted by Crippen LogP contribution is 2.26. The Kier molecular flexibility index (Phi) is 6.35. The van der Waals surface area contributed by atoms with E-state index in [0.29, 0.717) is 11.4 Å². The first kappa shape index (κ1) is 14.9. The minimum Gasteiger partial charge on any atom is -0.299 e. The standard InChI is InChI=1S/C12H13N3.C2H6/c1-5-10(3)15-11(4)14-7-6-12(15)9(2)8-13;1-2/h5-7H,2,4H2,1,3H3;1-2H3/b10-5-;. The van der Waals surface area contributed by atoms with E-state index in [0.717, 1.165) is 11.4 Å². The fourth-order valence-electron chi connectivity index (χ4n) is 1.28. The Hall–Kier alpha value is -2.08. The van der Waals surface area contributed by atoms with Crippen LogP contribution in [0, 0.1) is 11.3 Å². The highest BCUT2D eigenvalue weighted by Gasteiger charge is 2.18. The second-order valence-corrected chi connectivity index (χ2v) is 3.10. The second kappa shape index (κ2) is 7.24. The molecular formula is C14H19N3. The largest absolute Gasteiger partial charge is 0.299 e. The van der Waals surface area contributed by atoms with Crippen molar-refractivity contribution in [2.45, 2.75) is 27.7 Å². The van der Waals surface area contributed by atoms with E-state index in [1.807, 2.05) is 44.7 Å². The third kappa shape index (κ3) is 3.46. The Morgan fingerprint density at radius 2 is 2.12 bits per heavy atom. The van der Waals surface area contributed by atoms with Crippen LogP contribution in [-0.4, -0.2) is 11.1 Å². The van der Waals surface area contributed by atoms with Gasteiger partial charge in [0.25, 0.3) is 0 Å². The summed E-state index contributed by atoms with van der Waals surface area (Å²) in [5, 5.41) is 8.83. The van der Waals surface area contributed by atoms with Crippen LogP contribution in [0.25, 0.3) is 0 Å². The summed E-state index contributed by atoms with van der Waals surface area (Å²) in [7, 11) is 0. The molecule has 0 aliphatic carbocycles. The van der Waals surface area contributed by atoms with Gasteiger partial charge in [0.2, 0.25) is 0 Å². The van der Waals surface area contributed by atoms with Gasteiger partial charge in [-0.05, 0) is 19.9 Å². The maximum absolute atomic E-state index is 8.83. The molecular weight excluding hydrogens is 210 g/mol. The second-order valence-electron chi connectivity index (χ2n) is 3.10. The van der Waals surface area contributed by atoms with E-state index in [4.69, 9.17) is 5.26 Å². The Labute approximate surface area is 104 Å². The maximum atomic E-state index is 8.83. The number of hydrogen-bond acceptors (Lipinski definition) is 3. The van der Waals surface area contributed by atoms with E-state index in [1.54, 1.807) is 12.3 Å². The SMILES string of the molecule is C=C(C#N)C1=CC=NC(=C)N1/C(C)=C\C.CC. The topological polar surface area (TPSA) is 39.4 Å².